The zero-order valence-corrected chi connectivity index (χ0v) is 17.6. The maximum absolute atomic E-state index is 9.61. The van der Waals surface area contributed by atoms with Gasteiger partial charge in [0.2, 0.25) is 0 Å². The first-order valence-corrected chi connectivity index (χ1v) is 11.0. The number of piperazine rings is 1. The highest BCUT2D eigenvalue weighted by molar-refractivity contribution is 6.30. The summed E-state index contributed by atoms with van der Waals surface area (Å²) in [5.41, 5.74) is 9.40. The Balaban J connectivity index is 1.37. The molecule has 2 aromatic rings. The van der Waals surface area contributed by atoms with Crippen LogP contribution < -0.4 is 10.9 Å². The van der Waals surface area contributed by atoms with Crippen molar-refractivity contribution in [3.8, 4) is 0 Å². The normalized spacial score (nSPS) is 26.1. The molecule has 156 valence electrons. The van der Waals surface area contributed by atoms with E-state index in [-0.39, 0.29) is 6.61 Å². The largest absolute Gasteiger partial charge is 0.396 e. The molecule has 2 aliphatic rings. The molecule has 0 radical (unpaired) electrons. The standard InChI is InChI=1S/C23H31ClN4O/c24-21-8-6-19(7-9-21)23-20(14-25-26-23)16-27-11-12-28(22(17-27)10-13-29)15-18-4-2-1-3-5-18/h1-9,20,22-23,25-26,29H,10-17H2. The molecule has 29 heavy (non-hydrogen) atoms. The average molecular weight is 415 g/mol. The van der Waals surface area contributed by atoms with Crippen LogP contribution in [0.15, 0.2) is 54.6 Å². The van der Waals surface area contributed by atoms with Crippen molar-refractivity contribution in [2.24, 2.45) is 5.92 Å². The first kappa shape index (κ1) is 20.8. The predicted molar refractivity (Wildman–Crippen MR) is 118 cm³/mol. The average Bonchev–Trinajstić information content (AvgIpc) is 3.19. The van der Waals surface area contributed by atoms with Crippen LogP contribution in [0.5, 0.6) is 0 Å². The van der Waals surface area contributed by atoms with Gasteiger partial charge in [0.1, 0.15) is 0 Å². The Hall–Kier alpha value is -1.47. The van der Waals surface area contributed by atoms with Gasteiger partial charge in [-0.25, -0.2) is 5.43 Å². The third kappa shape index (κ3) is 5.37. The smallest absolute Gasteiger partial charge is 0.0515 e. The molecule has 0 aliphatic carbocycles. The SMILES string of the molecule is OCCC1CN(CC2CNNC2c2ccc(Cl)cc2)CCN1Cc1ccccc1. The fraction of sp³-hybridized carbons (Fsp3) is 0.478. The number of hydrogen-bond acceptors (Lipinski definition) is 5. The Kier molecular flexibility index (Phi) is 7.19. The molecule has 3 unspecified atom stereocenters. The minimum atomic E-state index is 0.240. The molecule has 2 aliphatic heterocycles. The molecule has 3 atom stereocenters. The number of hydrogen-bond donors (Lipinski definition) is 3. The molecule has 0 amide bonds. The molecule has 6 heteroatoms. The van der Waals surface area contributed by atoms with Crippen LogP contribution in [0, 0.1) is 5.92 Å². The van der Waals surface area contributed by atoms with Crippen LogP contribution in [0.1, 0.15) is 23.6 Å². The first-order chi connectivity index (χ1) is 14.2. The minimum absolute atomic E-state index is 0.240. The first-order valence-electron chi connectivity index (χ1n) is 10.6. The highest BCUT2D eigenvalue weighted by Crippen LogP contribution is 2.28. The number of aliphatic hydroxyl groups is 1. The van der Waals surface area contributed by atoms with Gasteiger partial charge in [0, 0.05) is 62.9 Å². The number of nitrogens with zero attached hydrogens (tertiary/aromatic N) is 2. The van der Waals surface area contributed by atoms with Crippen molar-refractivity contribution in [1.29, 1.82) is 0 Å². The second-order valence-corrected chi connectivity index (χ2v) is 8.63. The summed E-state index contributed by atoms with van der Waals surface area (Å²) in [5, 5.41) is 10.4. The van der Waals surface area contributed by atoms with Gasteiger partial charge in [-0.3, -0.25) is 10.3 Å². The van der Waals surface area contributed by atoms with Crippen LogP contribution in [-0.2, 0) is 6.54 Å². The van der Waals surface area contributed by atoms with E-state index in [2.05, 4.69) is 63.1 Å². The Bertz CT molecular complexity index is 757. The molecule has 0 saturated carbocycles. The number of rotatable bonds is 7. The van der Waals surface area contributed by atoms with Crippen molar-refractivity contribution in [2.75, 3.05) is 39.3 Å². The summed E-state index contributed by atoms with van der Waals surface area (Å²) in [5.74, 6) is 0.506. The summed E-state index contributed by atoms with van der Waals surface area (Å²) in [6, 6.07) is 19.5. The van der Waals surface area contributed by atoms with Gasteiger partial charge in [0.15, 0.2) is 0 Å². The number of benzene rings is 2. The molecule has 4 rings (SSSR count). The highest BCUT2D eigenvalue weighted by Gasteiger charge is 2.33. The van der Waals surface area contributed by atoms with Gasteiger partial charge in [-0.2, -0.15) is 0 Å². The number of halogens is 1. The van der Waals surface area contributed by atoms with Gasteiger partial charge in [-0.1, -0.05) is 54.1 Å². The molecule has 5 nitrogen and oxygen atoms in total. The molecule has 0 bridgehead atoms. The van der Waals surface area contributed by atoms with Gasteiger partial charge in [-0.05, 0) is 29.7 Å². The molecule has 3 N–H and O–H groups in total. The van der Waals surface area contributed by atoms with E-state index in [4.69, 9.17) is 11.6 Å². The number of aliphatic hydroxyl groups excluding tert-OH is 1. The lowest BCUT2D eigenvalue weighted by molar-refractivity contribution is 0.0457. The fourth-order valence-electron chi connectivity index (χ4n) is 4.63. The minimum Gasteiger partial charge on any atom is -0.396 e. The summed E-state index contributed by atoms with van der Waals surface area (Å²) in [7, 11) is 0. The highest BCUT2D eigenvalue weighted by atomic mass is 35.5. The van der Waals surface area contributed by atoms with E-state index in [1.807, 2.05) is 12.1 Å². The second-order valence-electron chi connectivity index (χ2n) is 8.20. The maximum Gasteiger partial charge on any atom is 0.0515 e. The molecule has 2 aromatic carbocycles. The Morgan fingerprint density at radius 2 is 1.83 bits per heavy atom. The summed E-state index contributed by atoms with van der Waals surface area (Å²) in [6.45, 7) is 6.33. The van der Waals surface area contributed by atoms with Crippen LogP contribution in [0.3, 0.4) is 0 Å². The monoisotopic (exact) mass is 414 g/mol. The van der Waals surface area contributed by atoms with E-state index >= 15 is 0 Å². The van der Waals surface area contributed by atoms with Crippen molar-refractivity contribution in [3.63, 3.8) is 0 Å². The van der Waals surface area contributed by atoms with Crippen molar-refractivity contribution < 1.29 is 5.11 Å². The summed E-state index contributed by atoms with van der Waals surface area (Å²) >= 11 is 6.06. The van der Waals surface area contributed by atoms with Crippen LogP contribution in [0.2, 0.25) is 5.02 Å². The molecule has 2 saturated heterocycles. The number of hydrazine groups is 1. The Labute approximate surface area is 178 Å². The fourth-order valence-corrected chi connectivity index (χ4v) is 4.76. The molecule has 2 heterocycles. The lowest BCUT2D eigenvalue weighted by atomic mass is 9.94. The van der Waals surface area contributed by atoms with Gasteiger partial charge in [-0.15, -0.1) is 0 Å². The van der Waals surface area contributed by atoms with Crippen molar-refractivity contribution in [3.05, 3.63) is 70.7 Å². The lowest BCUT2D eigenvalue weighted by Crippen LogP contribution is -2.54. The quantitative estimate of drug-likeness (QED) is 0.650. The third-order valence-electron chi connectivity index (χ3n) is 6.19. The van der Waals surface area contributed by atoms with Gasteiger partial charge >= 0.3 is 0 Å². The summed E-state index contributed by atoms with van der Waals surface area (Å²) in [4.78, 5) is 5.11. The second kappa shape index (κ2) is 10.0. The zero-order valence-electron chi connectivity index (χ0n) is 16.8. The van der Waals surface area contributed by atoms with E-state index in [1.165, 1.54) is 11.1 Å². The summed E-state index contributed by atoms with van der Waals surface area (Å²) < 4.78 is 0. The lowest BCUT2D eigenvalue weighted by Gasteiger charge is -2.42. The number of nitrogens with one attached hydrogen (secondary N) is 2. The van der Waals surface area contributed by atoms with Crippen LogP contribution in [-0.4, -0.2) is 60.3 Å². The third-order valence-corrected chi connectivity index (χ3v) is 6.45. The van der Waals surface area contributed by atoms with Crippen LogP contribution in [0.25, 0.3) is 0 Å². The Morgan fingerprint density at radius 3 is 2.59 bits per heavy atom. The molecule has 0 aromatic heterocycles. The Morgan fingerprint density at radius 1 is 1.03 bits per heavy atom. The van der Waals surface area contributed by atoms with Gasteiger partial charge in [0.25, 0.3) is 0 Å². The maximum atomic E-state index is 9.61. The van der Waals surface area contributed by atoms with Crippen molar-refractivity contribution in [2.45, 2.75) is 25.0 Å². The topological polar surface area (TPSA) is 50.8 Å². The zero-order chi connectivity index (χ0) is 20.1. The van der Waals surface area contributed by atoms with E-state index in [0.717, 1.165) is 50.7 Å². The van der Waals surface area contributed by atoms with E-state index < -0.39 is 0 Å². The molecule has 2 fully saturated rings. The van der Waals surface area contributed by atoms with E-state index in [9.17, 15) is 5.11 Å². The van der Waals surface area contributed by atoms with E-state index in [1.54, 1.807) is 0 Å². The predicted octanol–water partition coefficient (Wildman–Crippen LogP) is 2.67. The molecule has 0 spiro atoms. The van der Waals surface area contributed by atoms with Gasteiger partial charge < -0.3 is 10.0 Å². The molecular weight excluding hydrogens is 384 g/mol. The van der Waals surface area contributed by atoms with Crippen LogP contribution >= 0.6 is 11.6 Å². The van der Waals surface area contributed by atoms with Crippen molar-refractivity contribution >= 4 is 11.6 Å². The van der Waals surface area contributed by atoms with Gasteiger partial charge in [0.05, 0.1) is 6.04 Å². The van der Waals surface area contributed by atoms with E-state index in [0.29, 0.717) is 18.0 Å². The summed E-state index contributed by atoms with van der Waals surface area (Å²) in [6.07, 6.45) is 0.825. The van der Waals surface area contributed by atoms with Crippen molar-refractivity contribution in [1.82, 2.24) is 20.7 Å². The molecular formula is C23H31ClN4O. The van der Waals surface area contributed by atoms with Crippen LogP contribution in [0.4, 0.5) is 0 Å².